The van der Waals surface area contributed by atoms with E-state index in [4.69, 9.17) is 0 Å². The molecule has 0 bridgehead atoms. The van der Waals surface area contributed by atoms with Gasteiger partial charge in [-0.3, -0.25) is 4.79 Å². The van der Waals surface area contributed by atoms with E-state index in [9.17, 15) is 75.0 Å². The van der Waals surface area contributed by atoms with Gasteiger partial charge in [0.1, 0.15) is 0 Å². The van der Waals surface area contributed by atoms with Crippen molar-refractivity contribution < 1.29 is 75.0 Å². The third kappa shape index (κ3) is 3.94. The SMILES string of the molecule is O=C(Nc1ccccc1)C(F)(F)C(F)(F)C(F)(F)C(F)(F)C(F)(F)C(F)(F)C(F)(F)C(F)F. The van der Waals surface area contributed by atoms with Crippen LogP contribution < -0.4 is 5.32 Å². The zero-order chi connectivity index (χ0) is 26.5. The maximum atomic E-state index is 13.7. The molecule has 0 heterocycles. The first kappa shape index (κ1) is 28.6. The number of hydrogen-bond donors (Lipinski definition) is 1. The number of para-hydroxylation sites is 1. The first-order valence-electron chi connectivity index (χ1n) is 7.74. The average molecular weight is 521 g/mol. The maximum absolute atomic E-state index is 13.7. The highest BCUT2D eigenvalue weighted by molar-refractivity contribution is 5.97. The van der Waals surface area contributed by atoms with Crippen LogP contribution in [0, 0.1) is 0 Å². The summed E-state index contributed by atoms with van der Waals surface area (Å²) in [5.74, 6) is -59.6. The molecule has 1 N–H and O–H groups in total. The Labute approximate surface area is 171 Å². The van der Waals surface area contributed by atoms with Crippen molar-refractivity contribution in [2.45, 2.75) is 47.9 Å². The number of rotatable bonds is 9. The second-order valence-corrected chi connectivity index (χ2v) is 6.19. The van der Waals surface area contributed by atoms with Crippen LogP contribution in [0.3, 0.4) is 0 Å². The van der Waals surface area contributed by atoms with E-state index in [0.717, 1.165) is 23.5 Å². The van der Waals surface area contributed by atoms with Crippen LogP contribution in [-0.4, -0.2) is 53.8 Å². The molecular weight excluding hydrogens is 514 g/mol. The summed E-state index contributed by atoms with van der Waals surface area (Å²) in [5.41, 5.74) is -0.846. The lowest BCUT2D eigenvalue weighted by Gasteiger charge is -2.42. The molecule has 1 amide bonds. The Morgan fingerprint density at radius 2 is 0.970 bits per heavy atom. The predicted octanol–water partition coefficient (Wildman–Crippen LogP) is 6.34. The van der Waals surface area contributed by atoms with Crippen LogP contribution in [0.5, 0.6) is 0 Å². The quantitative estimate of drug-likeness (QED) is 0.378. The standard InChI is InChI=1S/C15H7F16NO/c16-7(17)9(18,19)11(22,23)13(26,27)15(30,31)14(28,29)12(24,25)10(20,21)8(33)32-6-4-2-1-3-5-6/h1-5,7H,(H,32,33). The lowest BCUT2D eigenvalue weighted by atomic mass is 9.89. The van der Waals surface area contributed by atoms with Gasteiger partial charge in [0.15, 0.2) is 0 Å². The molecule has 0 fully saturated rings. The van der Waals surface area contributed by atoms with Crippen LogP contribution in [0.25, 0.3) is 0 Å². The molecule has 1 aromatic rings. The monoisotopic (exact) mass is 521 g/mol. The Morgan fingerprint density at radius 1 is 0.606 bits per heavy atom. The predicted molar refractivity (Wildman–Crippen MR) is 75.7 cm³/mol. The minimum atomic E-state index is -8.54. The van der Waals surface area contributed by atoms with Gasteiger partial charge in [-0.15, -0.1) is 0 Å². The number of carbonyl (C=O) groups is 1. The molecule has 0 unspecified atom stereocenters. The van der Waals surface area contributed by atoms with Crippen molar-refractivity contribution >= 4 is 11.6 Å². The van der Waals surface area contributed by atoms with Crippen molar-refractivity contribution in [2.75, 3.05) is 5.32 Å². The van der Waals surface area contributed by atoms with Crippen molar-refractivity contribution in [2.24, 2.45) is 0 Å². The van der Waals surface area contributed by atoms with E-state index in [1.54, 1.807) is 0 Å². The molecule has 0 saturated carbocycles. The molecule has 2 nitrogen and oxygen atoms in total. The summed E-state index contributed by atoms with van der Waals surface area (Å²) in [7, 11) is 0. The number of carbonyl (C=O) groups excluding carboxylic acids is 1. The third-order valence-corrected chi connectivity index (χ3v) is 3.98. The number of alkyl halides is 16. The highest BCUT2D eigenvalue weighted by Crippen LogP contribution is 2.62. The topological polar surface area (TPSA) is 29.1 Å². The van der Waals surface area contributed by atoms with E-state index >= 15 is 0 Å². The summed E-state index contributed by atoms with van der Waals surface area (Å²) in [4.78, 5) is 11.3. The van der Waals surface area contributed by atoms with Crippen molar-refractivity contribution in [3.63, 3.8) is 0 Å². The minimum absolute atomic E-state index is 0.667. The van der Waals surface area contributed by atoms with Gasteiger partial charge in [-0.05, 0) is 12.1 Å². The second kappa shape index (κ2) is 8.11. The summed E-state index contributed by atoms with van der Waals surface area (Å²) >= 11 is 0. The molecule has 0 saturated heterocycles. The molecule has 18 heteroatoms. The smallest absolute Gasteiger partial charge is 0.321 e. The van der Waals surface area contributed by atoms with Crippen LogP contribution in [0.15, 0.2) is 30.3 Å². The fourth-order valence-electron chi connectivity index (χ4n) is 2.01. The van der Waals surface area contributed by atoms with Gasteiger partial charge in [0, 0.05) is 5.69 Å². The summed E-state index contributed by atoms with van der Waals surface area (Å²) < 4.78 is 211. The van der Waals surface area contributed by atoms with E-state index < -0.39 is 59.5 Å². The maximum Gasteiger partial charge on any atom is 0.393 e. The van der Waals surface area contributed by atoms with E-state index in [1.165, 1.54) is 0 Å². The van der Waals surface area contributed by atoms with E-state index in [1.807, 2.05) is 0 Å². The highest BCUT2D eigenvalue weighted by Gasteiger charge is 2.94. The van der Waals surface area contributed by atoms with Crippen LogP contribution >= 0.6 is 0 Å². The molecule has 0 spiro atoms. The van der Waals surface area contributed by atoms with Gasteiger partial charge in [0.05, 0.1) is 0 Å². The summed E-state index contributed by atoms with van der Waals surface area (Å²) in [6, 6.07) is 4.37. The largest absolute Gasteiger partial charge is 0.393 e. The third-order valence-electron chi connectivity index (χ3n) is 3.98. The molecule has 0 aliphatic heterocycles. The average Bonchev–Trinajstić information content (AvgIpc) is 2.67. The van der Waals surface area contributed by atoms with E-state index in [-0.39, 0.29) is 0 Å². The molecule has 190 valence electrons. The number of hydrogen-bond acceptors (Lipinski definition) is 1. The van der Waals surface area contributed by atoms with Gasteiger partial charge >= 0.3 is 53.8 Å². The summed E-state index contributed by atoms with van der Waals surface area (Å²) in [6.45, 7) is 0. The van der Waals surface area contributed by atoms with Gasteiger partial charge in [-0.2, -0.15) is 61.5 Å². The van der Waals surface area contributed by atoms with Gasteiger partial charge in [-0.25, -0.2) is 8.78 Å². The number of halogens is 16. The van der Waals surface area contributed by atoms with Crippen LogP contribution in [0.2, 0.25) is 0 Å². The van der Waals surface area contributed by atoms with Gasteiger partial charge < -0.3 is 5.32 Å². The van der Waals surface area contributed by atoms with Gasteiger partial charge in [0.25, 0.3) is 0 Å². The summed E-state index contributed by atoms with van der Waals surface area (Å²) in [5, 5.41) is 0.818. The van der Waals surface area contributed by atoms with E-state index in [0.29, 0.717) is 12.1 Å². The lowest BCUT2D eigenvalue weighted by molar-refractivity contribution is -0.443. The van der Waals surface area contributed by atoms with Crippen molar-refractivity contribution in [3.8, 4) is 0 Å². The molecule has 0 radical (unpaired) electrons. The molecule has 0 atom stereocenters. The van der Waals surface area contributed by atoms with Crippen LogP contribution in [0.1, 0.15) is 0 Å². The number of benzene rings is 1. The minimum Gasteiger partial charge on any atom is -0.321 e. The number of nitrogens with one attached hydrogen (secondary N) is 1. The molecule has 1 rings (SSSR count). The van der Waals surface area contributed by atoms with Gasteiger partial charge in [-0.1, -0.05) is 18.2 Å². The van der Waals surface area contributed by atoms with Crippen LogP contribution in [0.4, 0.5) is 75.9 Å². The van der Waals surface area contributed by atoms with Crippen molar-refractivity contribution in [1.29, 1.82) is 0 Å². The molecule has 0 aromatic heterocycles. The molecular formula is C15H7F16NO. The first-order valence-corrected chi connectivity index (χ1v) is 7.74. The molecule has 0 aliphatic carbocycles. The Morgan fingerprint density at radius 3 is 1.36 bits per heavy atom. The fraction of sp³-hybridized carbons (Fsp3) is 0.533. The first-order chi connectivity index (χ1) is 14.4. The zero-order valence-corrected chi connectivity index (χ0v) is 14.9. The molecule has 33 heavy (non-hydrogen) atoms. The summed E-state index contributed by atoms with van der Waals surface area (Å²) in [6.07, 6.45) is -5.92. The highest BCUT2D eigenvalue weighted by atomic mass is 19.4. The Bertz CT molecular complexity index is 851. The molecule has 0 aliphatic rings. The molecule has 1 aromatic carbocycles. The Kier molecular flexibility index (Phi) is 7.03. The lowest BCUT2D eigenvalue weighted by Crippen LogP contribution is -2.74. The van der Waals surface area contributed by atoms with Crippen molar-refractivity contribution in [1.82, 2.24) is 0 Å². The second-order valence-electron chi connectivity index (χ2n) is 6.19. The Hall–Kier alpha value is -2.43. The number of amides is 1. The number of anilines is 1. The zero-order valence-electron chi connectivity index (χ0n) is 14.9. The Balaban J connectivity index is 3.53. The van der Waals surface area contributed by atoms with Gasteiger partial charge in [0.2, 0.25) is 0 Å². The van der Waals surface area contributed by atoms with Crippen molar-refractivity contribution in [3.05, 3.63) is 30.3 Å². The van der Waals surface area contributed by atoms with Crippen LogP contribution in [-0.2, 0) is 4.79 Å². The normalized spacial score (nSPS) is 15.1. The fourth-order valence-corrected chi connectivity index (χ4v) is 2.01. The van der Waals surface area contributed by atoms with E-state index in [2.05, 4.69) is 0 Å².